The number of imidazole rings is 2. The van der Waals surface area contributed by atoms with Crippen molar-refractivity contribution in [1.82, 2.24) is 9.38 Å². The number of Topliss-reactive ketones (excluding diaryl/α,β-unsaturated/α-hetero) is 1. The second-order valence-electron chi connectivity index (χ2n) is 6.16. The van der Waals surface area contributed by atoms with E-state index in [1.54, 1.807) is 11.8 Å². The summed E-state index contributed by atoms with van der Waals surface area (Å²) in [6.07, 6.45) is 0. The number of fused-ring (bicyclic) bond motifs is 3. The van der Waals surface area contributed by atoms with Crippen molar-refractivity contribution in [3.63, 3.8) is 0 Å². The summed E-state index contributed by atoms with van der Waals surface area (Å²) in [6.45, 7) is 12.3. The number of benzene rings is 1. The van der Waals surface area contributed by atoms with Crippen LogP contribution in [0.4, 0.5) is 0 Å². The van der Waals surface area contributed by atoms with Gasteiger partial charge in [-0.2, -0.15) is 4.40 Å². The second kappa shape index (κ2) is 8.70. The van der Waals surface area contributed by atoms with Gasteiger partial charge in [0.25, 0.3) is 0 Å². The van der Waals surface area contributed by atoms with Crippen LogP contribution in [0.3, 0.4) is 0 Å². The van der Waals surface area contributed by atoms with E-state index in [-0.39, 0.29) is 30.6 Å². The highest BCUT2D eigenvalue weighted by atomic mass is 35.5. The number of aryl methyl sites for hydroxylation is 1. The van der Waals surface area contributed by atoms with Gasteiger partial charge in [0.05, 0.1) is 13.1 Å². The number of halogens is 2. The number of hydrogen-bond donors (Lipinski definition) is 2. The number of aromatic amines is 1. The Balaban J connectivity index is 0.00000156. The van der Waals surface area contributed by atoms with Gasteiger partial charge in [-0.25, -0.2) is 9.55 Å². The average Bonchev–Trinajstić information content (AvgIpc) is 3.02. The molecule has 0 aliphatic carbocycles. The molecule has 0 bridgehead atoms. The Hall–Kier alpha value is -1.56. The van der Waals surface area contributed by atoms with Crippen LogP contribution in [0.15, 0.2) is 24.3 Å². The third-order valence-corrected chi connectivity index (χ3v) is 4.78. The van der Waals surface area contributed by atoms with E-state index >= 15 is 0 Å². The molecule has 3 rings (SSSR count). The molecule has 2 heterocycles. The van der Waals surface area contributed by atoms with Gasteiger partial charge in [0.15, 0.2) is 11.5 Å². The molecule has 0 saturated carbocycles. The first-order valence-corrected chi connectivity index (χ1v) is 8.44. The van der Waals surface area contributed by atoms with Gasteiger partial charge in [-0.3, -0.25) is 4.79 Å². The molecule has 138 valence electrons. The minimum atomic E-state index is 0. The fourth-order valence-corrected chi connectivity index (χ4v) is 3.50. The molecule has 25 heavy (non-hydrogen) atoms. The summed E-state index contributed by atoms with van der Waals surface area (Å²) in [7, 11) is 0. The summed E-state index contributed by atoms with van der Waals surface area (Å²) in [4.78, 5) is 17.1. The van der Waals surface area contributed by atoms with Gasteiger partial charge in [0.2, 0.25) is 0 Å². The van der Waals surface area contributed by atoms with E-state index in [2.05, 4.69) is 46.0 Å². The molecule has 1 aromatic carbocycles. The van der Waals surface area contributed by atoms with Crippen LogP contribution in [0.5, 0.6) is 0 Å². The van der Waals surface area contributed by atoms with Gasteiger partial charge in [0, 0.05) is 6.92 Å². The lowest BCUT2D eigenvalue weighted by atomic mass is 10.2. The SMILES string of the molecule is CC[NH+](CC)CC[n+]1c2ccccc2n2c(C(C)=O)c(C)[nH]c21.[Cl-].[Cl-]. The largest absolute Gasteiger partial charge is 1.00 e. The third-order valence-electron chi connectivity index (χ3n) is 4.78. The van der Waals surface area contributed by atoms with Crippen LogP contribution in [-0.2, 0) is 6.54 Å². The van der Waals surface area contributed by atoms with E-state index in [1.165, 1.54) is 5.52 Å². The first kappa shape index (κ1) is 21.5. The second-order valence-corrected chi connectivity index (χ2v) is 6.16. The van der Waals surface area contributed by atoms with E-state index in [0.717, 1.165) is 48.9 Å². The van der Waals surface area contributed by atoms with E-state index in [9.17, 15) is 4.79 Å². The van der Waals surface area contributed by atoms with Gasteiger partial charge in [-0.05, 0) is 32.9 Å². The molecule has 0 spiro atoms. The number of aromatic nitrogens is 3. The lowest BCUT2D eigenvalue weighted by molar-refractivity contribution is -0.912. The minimum Gasteiger partial charge on any atom is -1.00 e. The van der Waals surface area contributed by atoms with E-state index in [0.29, 0.717) is 0 Å². The number of rotatable bonds is 6. The number of ketones is 1. The topological polar surface area (TPSA) is 45.6 Å². The molecule has 0 aliphatic rings. The Morgan fingerprint density at radius 1 is 1.20 bits per heavy atom. The summed E-state index contributed by atoms with van der Waals surface area (Å²) >= 11 is 0. The number of para-hydroxylation sites is 2. The molecule has 7 heteroatoms. The highest BCUT2D eigenvalue weighted by Crippen LogP contribution is 2.19. The lowest BCUT2D eigenvalue weighted by Gasteiger charge is -2.14. The maximum atomic E-state index is 12.1. The van der Waals surface area contributed by atoms with Crippen LogP contribution >= 0.6 is 0 Å². The van der Waals surface area contributed by atoms with Crippen LogP contribution in [0.2, 0.25) is 0 Å². The molecule has 5 nitrogen and oxygen atoms in total. The van der Waals surface area contributed by atoms with Crippen LogP contribution in [0, 0.1) is 6.92 Å². The normalized spacial score (nSPS) is 10.9. The van der Waals surface area contributed by atoms with Crippen molar-refractivity contribution in [2.45, 2.75) is 34.2 Å². The molecular weight excluding hydrogens is 359 g/mol. The highest BCUT2D eigenvalue weighted by molar-refractivity contribution is 5.96. The van der Waals surface area contributed by atoms with Gasteiger partial charge in [0.1, 0.15) is 29.8 Å². The van der Waals surface area contributed by atoms with Crippen LogP contribution in [0.1, 0.15) is 37.0 Å². The molecule has 3 aromatic rings. The molecule has 2 aromatic heterocycles. The van der Waals surface area contributed by atoms with Crippen molar-refractivity contribution >= 4 is 22.6 Å². The Kier molecular flexibility index (Phi) is 7.47. The van der Waals surface area contributed by atoms with Gasteiger partial charge in [-0.15, -0.1) is 0 Å². The van der Waals surface area contributed by atoms with E-state index < -0.39 is 0 Å². The van der Waals surface area contributed by atoms with Crippen LogP contribution in [0.25, 0.3) is 16.8 Å². The summed E-state index contributed by atoms with van der Waals surface area (Å²) < 4.78 is 4.38. The number of nitrogens with zero attached hydrogens (tertiary/aromatic N) is 2. The zero-order chi connectivity index (χ0) is 16.6. The summed E-state index contributed by atoms with van der Waals surface area (Å²) in [6, 6.07) is 8.31. The maximum absolute atomic E-state index is 12.1. The number of carbonyl (C=O) groups is 1. The predicted octanol–water partition coefficient (Wildman–Crippen LogP) is -4.85. The number of likely N-dealkylation sites (N-methyl/N-ethyl adjacent to an activating group) is 1. The fraction of sp³-hybridized carbons (Fsp3) is 0.444. The quantitative estimate of drug-likeness (QED) is 0.325. The molecule has 0 radical (unpaired) electrons. The third kappa shape index (κ3) is 3.68. The maximum Gasteiger partial charge on any atom is 0.368 e. The molecule has 0 unspecified atom stereocenters. The van der Waals surface area contributed by atoms with Gasteiger partial charge in [-0.1, -0.05) is 12.1 Å². The molecule has 0 atom stereocenters. The first-order chi connectivity index (χ1) is 11.1. The Morgan fingerprint density at radius 3 is 2.44 bits per heavy atom. The van der Waals surface area contributed by atoms with Crippen molar-refractivity contribution in [2.24, 2.45) is 0 Å². The van der Waals surface area contributed by atoms with Gasteiger partial charge >= 0.3 is 5.78 Å². The summed E-state index contributed by atoms with van der Waals surface area (Å²) in [5, 5.41) is 0. The molecule has 0 aliphatic heterocycles. The summed E-state index contributed by atoms with van der Waals surface area (Å²) in [5.74, 6) is 1.09. The number of hydrogen-bond acceptors (Lipinski definition) is 1. The molecule has 0 amide bonds. The van der Waals surface area contributed by atoms with Crippen molar-refractivity contribution < 1.29 is 39.1 Å². The predicted molar refractivity (Wildman–Crippen MR) is 91.1 cm³/mol. The Morgan fingerprint density at radius 2 is 1.84 bits per heavy atom. The number of quaternary nitrogens is 1. The number of carbonyl (C=O) groups excluding carboxylic acids is 1. The lowest BCUT2D eigenvalue weighted by Crippen LogP contribution is -3.12. The van der Waals surface area contributed by atoms with Crippen LogP contribution < -0.4 is 34.3 Å². The number of H-pyrrole nitrogens is 1. The minimum absolute atomic E-state index is 0. The highest BCUT2D eigenvalue weighted by Gasteiger charge is 2.27. The van der Waals surface area contributed by atoms with Gasteiger partial charge < -0.3 is 29.7 Å². The average molecular weight is 385 g/mol. The standard InChI is InChI=1S/C18H24N4O.2ClH/c1-5-20(6-2)11-12-21-15-9-7-8-10-16(15)22-17(14(4)23)13(3)19-18(21)22;;/h7-10H,5-6,11-12H2,1-4H3;2*1H. The Bertz CT molecular complexity index is 865. The first-order valence-electron chi connectivity index (χ1n) is 8.44. The zero-order valence-corrected chi connectivity index (χ0v) is 16.7. The van der Waals surface area contributed by atoms with Crippen molar-refractivity contribution in [3.8, 4) is 0 Å². The monoisotopic (exact) mass is 384 g/mol. The Labute approximate surface area is 160 Å². The van der Waals surface area contributed by atoms with Crippen molar-refractivity contribution in [2.75, 3.05) is 19.6 Å². The number of nitrogens with one attached hydrogen (secondary N) is 2. The van der Waals surface area contributed by atoms with Crippen molar-refractivity contribution in [1.29, 1.82) is 0 Å². The molecule has 0 saturated heterocycles. The van der Waals surface area contributed by atoms with E-state index in [1.807, 2.05) is 13.0 Å². The fourth-order valence-electron chi connectivity index (χ4n) is 3.50. The van der Waals surface area contributed by atoms with E-state index in [4.69, 9.17) is 0 Å². The van der Waals surface area contributed by atoms with Crippen molar-refractivity contribution in [3.05, 3.63) is 35.7 Å². The smallest absolute Gasteiger partial charge is 0.368 e. The molecular formula is C18H26Cl2N4O. The van der Waals surface area contributed by atoms with Crippen LogP contribution in [-0.4, -0.2) is 34.8 Å². The molecule has 0 fully saturated rings. The molecule has 2 N–H and O–H groups in total. The zero-order valence-electron chi connectivity index (χ0n) is 15.2. The summed E-state index contributed by atoms with van der Waals surface area (Å²) in [5.41, 5.74) is 3.95.